The maximum atomic E-state index is 9.69. The Hall–Kier alpha value is -1.56. The van der Waals surface area contributed by atoms with Crippen molar-refractivity contribution in [1.29, 1.82) is 5.26 Å². The van der Waals surface area contributed by atoms with E-state index in [0.717, 1.165) is 46.0 Å². The summed E-state index contributed by atoms with van der Waals surface area (Å²) in [6.45, 7) is 2.93. The fourth-order valence-corrected chi connectivity index (χ4v) is 6.85. The summed E-state index contributed by atoms with van der Waals surface area (Å²) in [5.74, 6) is 2.17. The van der Waals surface area contributed by atoms with Crippen LogP contribution >= 0.6 is 34.9 Å². The van der Waals surface area contributed by atoms with Gasteiger partial charge in [0.2, 0.25) is 0 Å². The maximum Gasteiger partial charge on any atom is 0.192 e. The number of rotatable bonds is 7. The highest BCUT2D eigenvalue weighted by atomic mass is 32.2. The molecule has 1 aromatic carbocycles. The summed E-state index contributed by atoms with van der Waals surface area (Å²) in [6.07, 6.45) is 6.11. The van der Waals surface area contributed by atoms with Gasteiger partial charge in [-0.25, -0.2) is 4.98 Å². The molecule has 1 atom stereocenters. The van der Waals surface area contributed by atoms with Crippen LogP contribution in [0.25, 0.3) is 10.2 Å². The molecule has 0 N–H and O–H groups in total. The summed E-state index contributed by atoms with van der Waals surface area (Å²) >= 11 is 5.02. The van der Waals surface area contributed by atoms with Crippen molar-refractivity contribution in [3.8, 4) is 6.07 Å². The van der Waals surface area contributed by atoms with Crippen LogP contribution in [0.1, 0.15) is 44.9 Å². The van der Waals surface area contributed by atoms with Gasteiger partial charge in [0, 0.05) is 6.54 Å². The molecule has 2 aromatic heterocycles. The Bertz CT molecular complexity index is 935. The molecule has 0 saturated heterocycles. The second-order valence-electron chi connectivity index (χ2n) is 6.94. The van der Waals surface area contributed by atoms with Crippen LogP contribution in [0.4, 0.5) is 0 Å². The fourth-order valence-electron chi connectivity index (χ4n) is 3.65. The summed E-state index contributed by atoms with van der Waals surface area (Å²) in [6, 6.07) is 10.7. The number of hydrogen-bond donors (Lipinski definition) is 0. The summed E-state index contributed by atoms with van der Waals surface area (Å²) in [4.78, 5) is 4.69. The van der Waals surface area contributed by atoms with Crippen LogP contribution in [0.2, 0.25) is 0 Å². The van der Waals surface area contributed by atoms with E-state index in [-0.39, 0.29) is 5.25 Å². The number of nitriles is 1. The molecule has 5 nitrogen and oxygen atoms in total. The van der Waals surface area contributed by atoms with Crippen LogP contribution in [-0.4, -0.2) is 25.0 Å². The molecule has 0 amide bonds. The number of fused-ring (bicyclic) bond motifs is 1. The molecule has 1 aliphatic carbocycles. The number of thiazole rings is 1. The van der Waals surface area contributed by atoms with E-state index >= 15 is 0 Å². The standard InChI is InChI=1S/C20H23N5S3/c1-2-25-18(13-26-20-22-15-10-6-7-11-16(15)28-20)23-24-19(25)27-17(12-21)14-8-4-3-5-9-14/h6-7,10-11,14,17H,2-5,8-9,13H2,1H3. The largest absolute Gasteiger partial charge is 0.306 e. The van der Waals surface area contributed by atoms with Gasteiger partial charge in [0.1, 0.15) is 11.1 Å². The van der Waals surface area contributed by atoms with Crippen molar-refractivity contribution >= 4 is 45.1 Å². The number of benzene rings is 1. The number of thioether (sulfide) groups is 2. The van der Waals surface area contributed by atoms with E-state index in [1.54, 1.807) is 34.9 Å². The van der Waals surface area contributed by atoms with Crippen LogP contribution in [-0.2, 0) is 12.3 Å². The predicted molar refractivity (Wildman–Crippen MR) is 117 cm³/mol. The fraction of sp³-hybridized carbons (Fsp3) is 0.500. The molecule has 1 saturated carbocycles. The molecule has 4 rings (SSSR count). The zero-order valence-electron chi connectivity index (χ0n) is 15.9. The summed E-state index contributed by atoms with van der Waals surface area (Å²) in [5, 5.41) is 19.4. The Morgan fingerprint density at radius 3 is 2.82 bits per heavy atom. The second kappa shape index (κ2) is 9.29. The third-order valence-corrected chi connectivity index (χ3v) is 8.58. The number of hydrogen-bond acceptors (Lipinski definition) is 7. The molecule has 0 radical (unpaired) electrons. The first-order valence-electron chi connectivity index (χ1n) is 9.75. The van der Waals surface area contributed by atoms with Gasteiger partial charge in [0.15, 0.2) is 9.50 Å². The Labute approximate surface area is 178 Å². The molecule has 28 heavy (non-hydrogen) atoms. The highest BCUT2D eigenvalue weighted by molar-refractivity contribution is 8.00. The molecule has 146 valence electrons. The SMILES string of the molecule is CCn1c(CSc2nc3ccccc3s2)nnc1SC(C#N)C1CCCCC1. The zero-order valence-corrected chi connectivity index (χ0v) is 18.3. The third kappa shape index (κ3) is 4.37. The number of para-hydroxylation sites is 1. The monoisotopic (exact) mass is 429 g/mol. The Balaban J connectivity index is 1.45. The van der Waals surface area contributed by atoms with E-state index in [4.69, 9.17) is 0 Å². The lowest BCUT2D eigenvalue weighted by Gasteiger charge is -2.25. The molecule has 0 aliphatic heterocycles. The van der Waals surface area contributed by atoms with Gasteiger partial charge in [0.05, 0.1) is 22.0 Å². The average Bonchev–Trinajstić information content (AvgIpc) is 3.33. The van der Waals surface area contributed by atoms with Gasteiger partial charge in [-0.3, -0.25) is 0 Å². The minimum absolute atomic E-state index is 0.0282. The molecular formula is C20H23N5S3. The van der Waals surface area contributed by atoms with Crippen LogP contribution in [0.3, 0.4) is 0 Å². The third-order valence-electron chi connectivity index (χ3n) is 5.15. The van der Waals surface area contributed by atoms with Crippen molar-refractivity contribution in [3.05, 3.63) is 30.1 Å². The molecule has 3 aromatic rings. The highest BCUT2D eigenvalue weighted by Gasteiger charge is 2.26. The molecule has 1 unspecified atom stereocenters. The van der Waals surface area contributed by atoms with E-state index in [1.807, 2.05) is 18.2 Å². The van der Waals surface area contributed by atoms with Gasteiger partial charge in [-0.05, 0) is 37.8 Å². The van der Waals surface area contributed by atoms with Gasteiger partial charge >= 0.3 is 0 Å². The first kappa shape index (κ1) is 19.7. The Morgan fingerprint density at radius 1 is 1.25 bits per heavy atom. The van der Waals surface area contributed by atoms with Crippen LogP contribution in [0, 0.1) is 17.2 Å². The minimum Gasteiger partial charge on any atom is -0.306 e. The molecule has 0 spiro atoms. The lowest BCUT2D eigenvalue weighted by molar-refractivity contribution is 0.369. The smallest absolute Gasteiger partial charge is 0.192 e. The van der Waals surface area contributed by atoms with Crippen LogP contribution in [0.5, 0.6) is 0 Å². The van der Waals surface area contributed by atoms with Crippen LogP contribution < -0.4 is 0 Å². The summed E-state index contributed by atoms with van der Waals surface area (Å²) < 4.78 is 4.42. The summed E-state index contributed by atoms with van der Waals surface area (Å²) in [5.41, 5.74) is 1.05. The van der Waals surface area contributed by atoms with Crippen LogP contribution in [0.15, 0.2) is 33.8 Å². The quantitative estimate of drug-likeness (QED) is 0.445. The van der Waals surface area contributed by atoms with Gasteiger partial charge in [-0.15, -0.1) is 21.5 Å². The predicted octanol–water partition coefficient (Wildman–Crippen LogP) is 5.76. The van der Waals surface area contributed by atoms with Gasteiger partial charge in [-0.2, -0.15) is 5.26 Å². The van der Waals surface area contributed by atoms with E-state index in [2.05, 4.69) is 38.8 Å². The van der Waals surface area contributed by atoms with Crippen molar-refractivity contribution in [3.63, 3.8) is 0 Å². The number of nitrogens with zero attached hydrogens (tertiary/aromatic N) is 5. The molecule has 2 heterocycles. The van der Waals surface area contributed by atoms with E-state index in [1.165, 1.54) is 24.0 Å². The lowest BCUT2D eigenvalue weighted by atomic mass is 9.87. The van der Waals surface area contributed by atoms with E-state index in [0.29, 0.717) is 5.92 Å². The average molecular weight is 430 g/mol. The Morgan fingerprint density at radius 2 is 2.07 bits per heavy atom. The van der Waals surface area contributed by atoms with Crippen molar-refractivity contribution in [2.75, 3.05) is 0 Å². The molecule has 1 aliphatic rings. The highest BCUT2D eigenvalue weighted by Crippen LogP contribution is 2.36. The summed E-state index contributed by atoms with van der Waals surface area (Å²) in [7, 11) is 0. The van der Waals surface area contributed by atoms with Gasteiger partial charge in [-0.1, -0.05) is 54.9 Å². The minimum atomic E-state index is -0.0282. The maximum absolute atomic E-state index is 9.69. The van der Waals surface area contributed by atoms with Gasteiger partial charge in [0.25, 0.3) is 0 Å². The molecule has 1 fully saturated rings. The zero-order chi connectivity index (χ0) is 19.3. The number of aromatic nitrogens is 4. The van der Waals surface area contributed by atoms with Crippen molar-refractivity contribution < 1.29 is 0 Å². The van der Waals surface area contributed by atoms with Crippen molar-refractivity contribution in [2.45, 2.75) is 66.1 Å². The normalized spacial score (nSPS) is 16.3. The topological polar surface area (TPSA) is 67.4 Å². The second-order valence-corrected chi connectivity index (χ2v) is 10.3. The first-order chi connectivity index (χ1) is 13.8. The van der Waals surface area contributed by atoms with Crippen molar-refractivity contribution in [2.24, 2.45) is 5.92 Å². The first-order valence-corrected chi connectivity index (χ1v) is 12.4. The van der Waals surface area contributed by atoms with Gasteiger partial charge < -0.3 is 4.57 Å². The molecule has 0 bridgehead atoms. The van der Waals surface area contributed by atoms with E-state index in [9.17, 15) is 5.26 Å². The Kier molecular flexibility index (Phi) is 6.55. The van der Waals surface area contributed by atoms with E-state index < -0.39 is 0 Å². The molecule has 8 heteroatoms. The van der Waals surface area contributed by atoms with Crippen molar-refractivity contribution in [1.82, 2.24) is 19.7 Å². The lowest BCUT2D eigenvalue weighted by Crippen LogP contribution is -2.19. The molecular weight excluding hydrogens is 406 g/mol.